The highest BCUT2D eigenvalue weighted by atomic mass is 16.7. The lowest BCUT2D eigenvalue weighted by atomic mass is 9.99. The van der Waals surface area contributed by atoms with Gasteiger partial charge in [0, 0.05) is 6.42 Å². The fourth-order valence-electron chi connectivity index (χ4n) is 9.21. The molecule has 1 saturated heterocycles. The third-order valence-corrected chi connectivity index (χ3v) is 13.8. The van der Waals surface area contributed by atoms with Crippen molar-refractivity contribution in [2.24, 2.45) is 0 Å². The van der Waals surface area contributed by atoms with E-state index in [-0.39, 0.29) is 12.5 Å². The fraction of sp³-hybridized carbons (Fsp3) is 0.820. The molecule has 1 aliphatic heterocycles. The maximum Gasteiger partial charge on any atom is 0.220 e. The van der Waals surface area contributed by atoms with Crippen LogP contribution in [0.15, 0.2) is 60.8 Å². The van der Waals surface area contributed by atoms with E-state index in [2.05, 4.69) is 67.8 Å². The van der Waals surface area contributed by atoms with Gasteiger partial charge in [0.2, 0.25) is 5.91 Å². The molecule has 0 aromatic rings. The summed E-state index contributed by atoms with van der Waals surface area (Å²) < 4.78 is 11.3. The summed E-state index contributed by atoms with van der Waals surface area (Å²) in [4.78, 5) is 13.0. The van der Waals surface area contributed by atoms with Gasteiger partial charge in [-0.2, -0.15) is 0 Å². The Morgan fingerprint density at radius 3 is 1.31 bits per heavy atom. The average Bonchev–Trinajstić information content (AvgIpc) is 3.36. The summed E-state index contributed by atoms with van der Waals surface area (Å²) in [6, 6.07) is -0.816. The molecule has 70 heavy (non-hydrogen) atoms. The van der Waals surface area contributed by atoms with Crippen LogP contribution < -0.4 is 5.32 Å². The Balaban J connectivity index is 2.21. The smallest absolute Gasteiger partial charge is 0.220 e. The predicted molar refractivity (Wildman–Crippen MR) is 295 cm³/mol. The Kier molecular flexibility index (Phi) is 47.5. The average molecular weight is 987 g/mol. The molecule has 0 radical (unpaired) electrons. The van der Waals surface area contributed by atoms with Crippen LogP contribution in [0.4, 0.5) is 0 Å². The van der Waals surface area contributed by atoms with Gasteiger partial charge in [0.05, 0.1) is 25.4 Å². The standard InChI is InChI=1S/C61H111NO8/c1-3-5-7-9-11-13-15-17-19-21-23-24-25-26-27-28-29-30-31-33-34-36-38-40-42-44-46-48-50-55(64)54(53-69-61-60(68)59(67)58(66)56(52-63)70-61)62-57(65)51-49-47-45-43-41-39-37-35-32-22-20-18-16-14-12-10-8-6-4-2/h6,8,12,14,18,20,32,35,48,50,54-56,58-61,63-64,66-68H,3-5,7,9-11,13,15-17,19,21-31,33-34,36-47,49,51-53H2,1-2H3,(H,62,65)/b8-6-,14-12-,20-18-,35-32-,50-48+. The van der Waals surface area contributed by atoms with Gasteiger partial charge in [0.1, 0.15) is 24.4 Å². The molecule has 7 atom stereocenters. The van der Waals surface area contributed by atoms with Gasteiger partial charge in [-0.15, -0.1) is 0 Å². The maximum absolute atomic E-state index is 13.0. The van der Waals surface area contributed by atoms with Crippen LogP contribution in [-0.2, 0) is 14.3 Å². The summed E-state index contributed by atoms with van der Waals surface area (Å²) in [5.41, 5.74) is 0. The lowest BCUT2D eigenvalue weighted by Crippen LogP contribution is -2.60. The van der Waals surface area contributed by atoms with Crippen molar-refractivity contribution in [1.82, 2.24) is 5.32 Å². The molecule has 0 bridgehead atoms. The molecule has 9 heteroatoms. The lowest BCUT2D eigenvalue weighted by Gasteiger charge is -2.40. The third kappa shape index (κ3) is 39.4. The number of carbonyl (C=O) groups excluding carboxylic acids is 1. The number of nitrogens with one attached hydrogen (secondary N) is 1. The minimum absolute atomic E-state index is 0.190. The van der Waals surface area contributed by atoms with E-state index in [1.54, 1.807) is 6.08 Å². The van der Waals surface area contributed by atoms with Gasteiger partial charge in [-0.1, -0.05) is 261 Å². The maximum atomic E-state index is 13.0. The first-order chi connectivity index (χ1) is 34.3. The third-order valence-electron chi connectivity index (χ3n) is 13.8. The fourth-order valence-corrected chi connectivity index (χ4v) is 9.21. The molecule has 1 rings (SSSR count). The largest absolute Gasteiger partial charge is 0.394 e. The van der Waals surface area contributed by atoms with E-state index in [9.17, 15) is 30.3 Å². The second-order valence-corrected chi connectivity index (χ2v) is 20.4. The highest BCUT2D eigenvalue weighted by molar-refractivity contribution is 5.76. The van der Waals surface area contributed by atoms with Crippen molar-refractivity contribution in [2.75, 3.05) is 13.2 Å². The number of amides is 1. The molecule has 408 valence electrons. The van der Waals surface area contributed by atoms with Gasteiger partial charge in [-0.25, -0.2) is 0 Å². The summed E-state index contributed by atoms with van der Waals surface area (Å²) in [6.07, 6.45) is 61.5. The SMILES string of the molecule is CC/C=C\C/C=C\C/C=C\C/C=C\CCCCCCCCC(=O)NC(COC1OC(CO)C(O)C(O)C1O)C(O)/C=C/CCCCCCCCCCCCCCCCCCCCCCCCCCCC. The van der Waals surface area contributed by atoms with E-state index in [4.69, 9.17) is 9.47 Å². The topological polar surface area (TPSA) is 149 Å². The normalized spacial score (nSPS) is 19.8. The second-order valence-electron chi connectivity index (χ2n) is 20.4. The van der Waals surface area contributed by atoms with Gasteiger partial charge in [-0.05, 0) is 57.8 Å². The predicted octanol–water partition coefficient (Wildman–Crippen LogP) is 14.7. The van der Waals surface area contributed by atoms with E-state index in [0.717, 1.165) is 83.5 Å². The lowest BCUT2D eigenvalue weighted by molar-refractivity contribution is -0.302. The molecule has 1 fully saturated rings. The number of aliphatic hydroxyl groups excluding tert-OH is 5. The summed E-state index contributed by atoms with van der Waals surface area (Å²) in [6.45, 7) is 3.68. The molecular formula is C61H111NO8. The van der Waals surface area contributed by atoms with Crippen LogP contribution in [0.2, 0.25) is 0 Å². The quantitative estimate of drug-likeness (QED) is 0.0261. The summed E-state index contributed by atoms with van der Waals surface area (Å²) in [5.74, 6) is -0.190. The van der Waals surface area contributed by atoms with Crippen molar-refractivity contribution >= 4 is 5.91 Å². The molecule has 1 heterocycles. The number of hydrogen-bond donors (Lipinski definition) is 6. The number of ether oxygens (including phenoxy) is 2. The van der Waals surface area contributed by atoms with E-state index in [1.807, 2.05) is 6.08 Å². The molecule has 9 nitrogen and oxygen atoms in total. The highest BCUT2D eigenvalue weighted by Crippen LogP contribution is 2.23. The van der Waals surface area contributed by atoms with Crippen molar-refractivity contribution in [1.29, 1.82) is 0 Å². The van der Waals surface area contributed by atoms with Gasteiger partial charge in [-0.3, -0.25) is 4.79 Å². The van der Waals surface area contributed by atoms with Crippen molar-refractivity contribution in [3.63, 3.8) is 0 Å². The van der Waals surface area contributed by atoms with E-state index < -0.39 is 49.5 Å². The van der Waals surface area contributed by atoms with E-state index >= 15 is 0 Å². The number of allylic oxidation sites excluding steroid dienone is 9. The van der Waals surface area contributed by atoms with Gasteiger partial charge in [0.25, 0.3) is 0 Å². The second kappa shape index (κ2) is 50.4. The number of unbranched alkanes of at least 4 members (excludes halogenated alkanes) is 32. The Bertz CT molecular complexity index is 1280. The zero-order valence-corrected chi connectivity index (χ0v) is 45.3. The highest BCUT2D eigenvalue weighted by Gasteiger charge is 2.44. The number of aliphatic hydroxyl groups is 5. The van der Waals surface area contributed by atoms with E-state index in [0.29, 0.717) is 6.42 Å². The molecule has 0 saturated carbocycles. The molecule has 0 aromatic heterocycles. The van der Waals surface area contributed by atoms with Crippen molar-refractivity contribution in [3.8, 4) is 0 Å². The van der Waals surface area contributed by atoms with Crippen LogP contribution in [0.5, 0.6) is 0 Å². The molecule has 7 unspecified atom stereocenters. The first-order valence-electron chi connectivity index (χ1n) is 29.5. The van der Waals surface area contributed by atoms with Crippen molar-refractivity contribution in [3.05, 3.63) is 60.8 Å². The molecule has 0 aliphatic carbocycles. The zero-order chi connectivity index (χ0) is 50.8. The summed E-state index contributed by atoms with van der Waals surface area (Å²) >= 11 is 0. The van der Waals surface area contributed by atoms with Crippen LogP contribution in [0.1, 0.15) is 264 Å². The number of hydrogen-bond acceptors (Lipinski definition) is 8. The molecule has 1 aliphatic rings. The number of rotatable bonds is 50. The zero-order valence-electron chi connectivity index (χ0n) is 45.3. The van der Waals surface area contributed by atoms with Crippen LogP contribution in [0, 0.1) is 0 Å². The molecular weight excluding hydrogens is 875 g/mol. The first-order valence-corrected chi connectivity index (χ1v) is 29.5. The number of carbonyl (C=O) groups is 1. The van der Waals surface area contributed by atoms with Gasteiger partial charge < -0.3 is 40.3 Å². The minimum Gasteiger partial charge on any atom is -0.394 e. The van der Waals surface area contributed by atoms with Crippen LogP contribution in [0.25, 0.3) is 0 Å². The molecule has 0 spiro atoms. The summed E-state index contributed by atoms with van der Waals surface area (Å²) in [5, 5.41) is 54.5. The van der Waals surface area contributed by atoms with Crippen molar-refractivity contribution in [2.45, 2.75) is 307 Å². The minimum atomic E-state index is -1.57. The summed E-state index contributed by atoms with van der Waals surface area (Å²) in [7, 11) is 0. The molecule has 0 aromatic carbocycles. The van der Waals surface area contributed by atoms with Crippen LogP contribution in [-0.4, -0.2) is 87.5 Å². The Morgan fingerprint density at radius 1 is 0.500 bits per heavy atom. The monoisotopic (exact) mass is 986 g/mol. The molecule has 1 amide bonds. The van der Waals surface area contributed by atoms with Gasteiger partial charge >= 0.3 is 0 Å². The Hall–Kier alpha value is -2.11. The Morgan fingerprint density at radius 2 is 0.886 bits per heavy atom. The Labute approximate surface area is 430 Å². The van der Waals surface area contributed by atoms with E-state index in [1.165, 1.54) is 161 Å². The van der Waals surface area contributed by atoms with Crippen LogP contribution >= 0.6 is 0 Å². The first kappa shape index (κ1) is 65.9. The van der Waals surface area contributed by atoms with Gasteiger partial charge in [0.15, 0.2) is 6.29 Å². The molecule has 6 N–H and O–H groups in total. The van der Waals surface area contributed by atoms with Crippen molar-refractivity contribution < 1.29 is 39.8 Å². The van der Waals surface area contributed by atoms with Crippen LogP contribution in [0.3, 0.4) is 0 Å².